The van der Waals surface area contributed by atoms with Gasteiger partial charge in [0.2, 0.25) is 0 Å². The van der Waals surface area contributed by atoms with Gasteiger partial charge < -0.3 is 0 Å². The van der Waals surface area contributed by atoms with E-state index >= 15 is 0 Å². The van der Waals surface area contributed by atoms with Crippen molar-refractivity contribution in [3.8, 4) is 0 Å². The quantitative estimate of drug-likeness (QED) is 0.743. The standard InChI is InChI=1S/C26H23N/c1-13-11-12-23-19(7)18(6)22(10)26(24(23)14(13)2)27-25-20(8)16(4)15(3)17(5)21(25)9/h11-12H,1-8,10H2,9H3/b27-26+. The first-order valence-electron chi connectivity index (χ1n) is 8.54. The zero-order chi connectivity index (χ0) is 20.2. The van der Waals surface area contributed by atoms with Gasteiger partial charge in [-0.2, -0.15) is 0 Å². The summed E-state index contributed by atoms with van der Waals surface area (Å²) in [4.78, 5) is 4.97. The summed E-state index contributed by atoms with van der Waals surface area (Å²) in [6, 6.07) is 3.92. The molecule has 0 heterocycles. The molecule has 0 unspecified atom stereocenters. The van der Waals surface area contributed by atoms with Crippen LogP contribution in [0.1, 0.15) is 16.7 Å². The summed E-state index contributed by atoms with van der Waals surface area (Å²) < 4.78 is 0. The molecule has 2 aromatic rings. The molecular formula is C26H23N. The van der Waals surface area contributed by atoms with Crippen LogP contribution in [0.4, 0.5) is 5.69 Å². The first-order valence-corrected chi connectivity index (χ1v) is 8.54. The number of aliphatic imine (C=N–C) groups is 1. The normalized spacial score (nSPS) is 15.3. The average Bonchev–Trinajstić information content (AvgIpc) is 2.65. The van der Waals surface area contributed by atoms with Gasteiger partial charge in [-0.1, -0.05) is 71.3 Å². The van der Waals surface area contributed by atoms with E-state index in [0.29, 0.717) is 5.71 Å². The molecule has 0 bridgehead atoms. The van der Waals surface area contributed by atoms with E-state index in [-0.39, 0.29) is 0 Å². The Labute approximate surface area is 159 Å². The van der Waals surface area contributed by atoms with Gasteiger partial charge in [-0.05, 0) is 55.3 Å². The van der Waals surface area contributed by atoms with Crippen molar-refractivity contribution in [3.05, 3.63) is 91.0 Å². The van der Waals surface area contributed by atoms with Gasteiger partial charge in [0.05, 0.1) is 11.4 Å². The lowest BCUT2D eigenvalue weighted by Crippen LogP contribution is -2.47. The molecule has 2 aromatic carbocycles. The van der Waals surface area contributed by atoms with Crippen LogP contribution in [0.3, 0.4) is 0 Å². The van der Waals surface area contributed by atoms with Crippen molar-refractivity contribution in [3.63, 3.8) is 0 Å². The zero-order valence-corrected chi connectivity index (χ0v) is 16.0. The first-order chi connectivity index (χ1) is 12.6. The van der Waals surface area contributed by atoms with Crippen LogP contribution in [0.15, 0.2) is 48.0 Å². The fourth-order valence-corrected chi connectivity index (χ4v) is 3.34. The predicted molar refractivity (Wildman–Crippen MR) is 122 cm³/mol. The lowest BCUT2D eigenvalue weighted by molar-refractivity contribution is 1.27. The Morgan fingerprint density at radius 3 is 1.85 bits per heavy atom. The third kappa shape index (κ3) is 2.51. The molecule has 1 aliphatic carbocycles. The molecule has 0 fully saturated rings. The van der Waals surface area contributed by atoms with Crippen LogP contribution in [-0.4, -0.2) is 5.71 Å². The summed E-state index contributed by atoms with van der Waals surface area (Å²) in [6.45, 7) is 39.2. The molecule has 1 aliphatic rings. The predicted octanol–water partition coefficient (Wildman–Crippen LogP) is 1.72. The monoisotopic (exact) mass is 349 g/mol. The fraction of sp³-hybridized carbons (Fsp3) is 0.0385. The van der Waals surface area contributed by atoms with E-state index in [4.69, 9.17) is 4.99 Å². The van der Waals surface area contributed by atoms with E-state index in [0.717, 1.165) is 70.4 Å². The van der Waals surface area contributed by atoms with Gasteiger partial charge in [0.15, 0.2) is 0 Å². The number of benzene rings is 2. The Morgan fingerprint density at radius 2 is 1.22 bits per heavy atom. The molecule has 3 rings (SSSR count). The summed E-state index contributed by atoms with van der Waals surface area (Å²) in [6.07, 6.45) is 0. The molecule has 0 spiro atoms. The van der Waals surface area contributed by atoms with E-state index < -0.39 is 0 Å². The third-order valence-electron chi connectivity index (χ3n) is 5.40. The summed E-state index contributed by atoms with van der Waals surface area (Å²) >= 11 is 0. The Balaban J connectivity index is 2.53. The minimum Gasteiger partial charge on any atom is -0.247 e. The molecule has 0 saturated heterocycles. The molecular weight excluding hydrogens is 326 g/mol. The van der Waals surface area contributed by atoms with Gasteiger partial charge in [-0.15, -0.1) is 0 Å². The van der Waals surface area contributed by atoms with Crippen LogP contribution in [0.2, 0.25) is 0 Å². The van der Waals surface area contributed by atoms with Crippen LogP contribution >= 0.6 is 0 Å². The molecule has 132 valence electrons. The van der Waals surface area contributed by atoms with E-state index in [1.807, 2.05) is 19.1 Å². The number of hydrogen-bond donors (Lipinski definition) is 0. The Hall–Kier alpha value is -3.45. The Bertz CT molecular complexity index is 1420. The molecule has 0 N–H and O–H groups in total. The van der Waals surface area contributed by atoms with Gasteiger partial charge >= 0.3 is 0 Å². The van der Waals surface area contributed by atoms with Gasteiger partial charge in [0.25, 0.3) is 0 Å². The molecule has 0 atom stereocenters. The van der Waals surface area contributed by atoms with Crippen LogP contribution in [0, 0.1) is 6.92 Å². The molecule has 0 aromatic heterocycles. The molecule has 0 radical (unpaired) electrons. The summed E-state index contributed by atoms with van der Waals surface area (Å²) in [5.41, 5.74) is 6.51. The van der Waals surface area contributed by atoms with E-state index in [2.05, 4.69) is 59.2 Å². The van der Waals surface area contributed by atoms with E-state index in [1.165, 1.54) is 0 Å². The van der Waals surface area contributed by atoms with Crippen molar-refractivity contribution < 1.29 is 0 Å². The van der Waals surface area contributed by atoms with Crippen molar-refractivity contribution in [2.45, 2.75) is 6.92 Å². The molecule has 27 heavy (non-hydrogen) atoms. The maximum Gasteiger partial charge on any atom is 0.0794 e. The fourth-order valence-electron chi connectivity index (χ4n) is 3.34. The number of rotatable bonds is 1. The molecule has 0 amide bonds. The van der Waals surface area contributed by atoms with Crippen molar-refractivity contribution in [1.82, 2.24) is 0 Å². The van der Waals surface area contributed by atoms with E-state index in [9.17, 15) is 0 Å². The van der Waals surface area contributed by atoms with Gasteiger partial charge in [0, 0.05) is 16.4 Å². The largest absolute Gasteiger partial charge is 0.247 e. The highest BCUT2D eigenvalue weighted by molar-refractivity contribution is 6.24. The highest BCUT2D eigenvalue weighted by Crippen LogP contribution is 2.34. The first kappa shape index (κ1) is 18.3. The molecule has 0 saturated carbocycles. The number of nitrogens with zero attached hydrogens (tertiary/aromatic N) is 1. The topological polar surface area (TPSA) is 12.4 Å². The molecule has 1 nitrogen and oxygen atoms in total. The lowest BCUT2D eigenvalue weighted by Gasteiger charge is -2.25. The summed E-state index contributed by atoms with van der Waals surface area (Å²) in [5, 5.41) is 4.74. The van der Waals surface area contributed by atoms with Crippen molar-refractivity contribution in [2.24, 2.45) is 4.99 Å². The van der Waals surface area contributed by atoms with Crippen molar-refractivity contribution >= 4 is 56.4 Å². The van der Waals surface area contributed by atoms with E-state index in [1.54, 1.807) is 0 Å². The smallest absolute Gasteiger partial charge is 0.0794 e. The number of hydrogen-bond acceptors (Lipinski definition) is 1. The lowest BCUT2D eigenvalue weighted by atomic mass is 9.79. The van der Waals surface area contributed by atoms with Crippen LogP contribution < -0.4 is 31.3 Å². The van der Waals surface area contributed by atoms with Crippen LogP contribution in [0.5, 0.6) is 0 Å². The van der Waals surface area contributed by atoms with Gasteiger partial charge in [-0.3, -0.25) is 0 Å². The van der Waals surface area contributed by atoms with Crippen molar-refractivity contribution in [1.29, 1.82) is 0 Å². The third-order valence-corrected chi connectivity index (χ3v) is 5.40. The zero-order valence-electron chi connectivity index (χ0n) is 16.0. The summed E-state index contributed by atoms with van der Waals surface area (Å²) in [5.74, 6) is 0. The minimum absolute atomic E-state index is 0.710. The number of allylic oxidation sites excluding steroid dienone is 3. The average molecular weight is 349 g/mol. The van der Waals surface area contributed by atoms with Gasteiger partial charge in [0.1, 0.15) is 0 Å². The van der Waals surface area contributed by atoms with Crippen LogP contribution in [0.25, 0.3) is 45.0 Å². The highest BCUT2D eigenvalue weighted by Gasteiger charge is 2.25. The Morgan fingerprint density at radius 1 is 0.630 bits per heavy atom. The number of fused-ring (bicyclic) bond motifs is 1. The van der Waals surface area contributed by atoms with Crippen molar-refractivity contribution in [2.75, 3.05) is 0 Å². The van der Waals surface area contributed by atoms with Gasteiger partial charge in [-0.25, -0.2) is 4.99 Å². The highest BCUT2D eigenvalue weighted by atomic mass is 14.8. The second-order valence-electron chi connectivity index (χ2n) is 6.91. The maximum atomic E-state index is 4.97. The summed E-state index contributed by atoms with van der Waals surface area (Å²) in [7, 11) is 0. The SMILES string of the molecule is C=C1C(=C)/C(=N\c2c(C)c(=C)c(=C)c(=C)c2=C)c2c(ccc(=C)c2=C)C1=C. The second-order valence-corrected chi connectivity index (χ2v) is 6.91. The maximum absolute atomic E-state index is 4.97. The minimum atomic E-state index is 0.710. The molecule has 0 aliphatic heterocycles. The molecule has 1 heteroatoms. The Kier molecular flexibility index (Phi) is 4.12. The van der Waals surface area contributed by atoms with Crippen LogP contribution in [-0.2, 0) is 0 Å². The second kappa shape index (κ2) is 6.07.